The van der Waals surface area contributed by atoms with Crippen molar-refractivity contribution in [3.63, 3.8) is 0 Å². The van der Waals surface area contributed by atoms with Gasteiger partial charge in [-0.3, -0.25) is 9.79 Å². The summed E-state index contributed by atoms with van der Waals surface area (Å²) in [6.07, 6.45) is 3.94. The first kappa shape index (κ1) is 20.2. The number of nitrogens with zero attached hydrogens (tertiary/aromatic N) is 1. The van der Waals surface area contributed by atoms with Crippen LogP contribution in [0, 0.1) is 5.92 Å². The second-order valence-electron chi connectivity index (χ2n) is 6.42. The van der Waals surface area contributed by atoms with E-state index in [1.165, 1.54) is 6.26 Å². The number of hydrogen-bond donors (Lipinski definition) is 3. The molecule has 0 aliphatic heterocycles. The second kappa shape index (κ2) is 9.56. The van der Waals surface area contributed by atoms with E-state index in [2.05, 4.69) is 20.9 Å². The first-order valence-electron chi connectivity index (χ1n) is 8.99. The van der Waals surface area contributed by atoms with Gasteiger partial charge in [0.05, 0.1) is 4.90 Å². The third-order valence-electron chi connectivity index (χ3n) is 4.03. The van der Waals surface area contributed by atoms with E-state index < -0.39 is 9.84 Å². The molecular weight excluding hydrogens is 352 g/mol. The molecule has 0 aromatic heterocycles. The van der Waals surface area contributed by atoms with E-state index in [4.69, 9.17) is 0 Å². The van der Waals surface area contributed by atoms with E-state index in [1.807, 2.05) is 19.1 Å². The van der Waals surface area contributed by atoms with Crippen LogP contribution in [0.4, 0.5) is 0 Å². The Balaban J connectivity index is 1.75. The topological polar surface area (TPSA) is 99.7 Å². The van der Waals surface area contributed by atoms with Crippen molar-refractivity contribution < 1.29 is 13.2 Å². The Kier molecular flexibility index (Phi) is 7.44. The van der Waals surface area contributed by atoms with Gasteiger partial charge in [0, 0.05) is 38.4 Å². The van der Waals surface area contributed by atoms with Crippen molar-refractivity contribution in [3.05, 3.63) is 29.8 Å². The largest absolute Gasteiger partial charge is 0.357 e. The summed E-state index contributed by atoms with van der Waals surface area (Å²) in [4.78, 5) is 16.4. The van der Waals surface area contributed by atoms with Crippen LogP contribution in [0.3, 0.4) is 0 Å². The van der Waals surface area contributed by atoms with Crippen LogP contribution in [0.5, 0.6) is 0 Å². The molecule has 0 atom stereocenters. The van der Waals surface area contributed by atoms with E-state index >= 15 is 0 Å². The zero-order chi connectivity index (χ0) is 19.0. The second-order valence-corrected chi connectivity index (χ2v) is 8.43. The average Bonchev–Trinajstić information content (AvgIpc) is 3.43. The maximum Gasteiger partial charge on any atom is 0.223 e. The van der Waals surface area contributed by atoms with Crippen LogP contribution in [-0.4, -0.2) is 52.7 Å². The fourth-order valence-corrected chi connectivity index (χ4v) is 3.03. The molecule has 0 radical (unpaired) electrons. The number of rotatable bonds is 9. The van der Waals surface area contributed by atoms with E-state index in [0.29, 0.717) is 30.5 Å². The Hall–Kier alpha value is -2.09. The van der Waals surface area contributed by atoms with Crippen LogP contribution in [0.25, 0.3) is 0 Å². The minimum Gasteiger partial charge on any atom is -0.357 e. The molecule has 1 amide bonds. The van der Waals surface area contributed by atoms with Gasteiger partial charge in [-0.2, -0.15) is 0 Å². The van der Waals surface area contributed by atoms with Crippen LogP contribution in [-0.2, 0) is 21.1 Å². The van der Waals surface area contributed by atoms with E-state index in [9.17, 15) is 13.2 Å². The van der Waals surface area contributed by atoms with Crippen molar-refractivity contribution in [3.8, 4) is 0 Å². The van der Waals surface area contributed by atoms with E-state index in [0.717, 1.165) is 31.4 Å². The molecule has 26 heavy (non-hydrogen) atoms. The Morgan fingerprint density at radius 1 is 1.12 bits per heavy atom. The smallest absolute Gasteiger partial charge is 0.223 e. The van der Waals surface area contributed by atoms with Crippen LogP contribution < -0.4 is 16.0 Å². The quantitative estimate of drug-likeness (QED) is 0.333. The molecule has 3 N–H and O–H groups in total. The predicted octanol–water partition coefficient (Wildman–Crippen LogP) is 0.714. The van der Waals surface area contributed by atoms with Gasteiger partial charge in [0.15, 0.2) is 15.8 Å². The van der Waals surface area contributed by atoms with Gasteiger partial charge in [0.2, 0.25) is 5.91 Å². The highest BCUT2D eigenvalue weighted by atomic mass is 32.2. The summed E-state index contributed by atoms with van der Waals surface area (Å²) >= 11 is 0. The van der Waals surface area contributed by atoms with Crippen molar-refractivity contribution in [2.24, 2.45) is 10.9 Å². The molecule has 0 unspecified atom stereocenters. The number of carbonyl (C=O) groups is 1. The van der Waals surface area contributed by atoms with Gasteiger partial charge in [-0.15, -0.1) is 0 Å². The zero-order valence-corrected chi connectivity index (χ0v) is 16.2. The molecule has 0 saturated heterocycles. The third-order valence-corrected chi connectivity index (χ3v) is 5.16. The molecule has 144 valence electrons. The SMILES string of the molecule is CCNC(=NCCc1ccc(S(C)(=O)=O)cc1)NCCNC(=O)C1CC1. The van der Waals surface area contributed by atoms with Gasteiger partial charge < -0.3 is 16.0 Å². The van der Waals surface area contributed by atoms with Crippen molar-refractivity contribution in [2.75, 3.05) is 32.4 Å². The molecule has 1 fully saturated rings. The lowest BCUT2D eigenvalue weighted by molar-refractivity contribution is -0.122. The minimum atomic E-state index is -3.16. The average molecular weight is 381 g/mol. The molecular formula is C18H28N4O3S. The minimum absolute atomic E-state index is 0.145. The number of guanidine groups is 1. The van der Waals surface area contributed by atoms with Gasteiger partial charge in [-0.25, -0.2) is 8.42 Å². The van der Waals surface area contributed by atoms with Crippen LogP contribution in [0.1, 0.15) is 25.3 Å². The monoisotopic (exact) mass is 380 g/mol. The van der Waals surface area contributed by atoms with E-state index in [1.54, 1.807) is 12.1 Å². The van der Waals surface area contributed by atoms with Crippen molar-refractivity contribution in [1.29, 1.82) is 0 Å². The number of aliphatic imine (C=N–C) groups is 1. The highest BCUT2D eigenvalue weighted by Gasteiger charge is 2.28. The lowest BCUT2D eigenvalue weighted by Crippen LogP contribution is -2.41. The predicted molar refractivity (Wildman–Crippen MR) is 103 cm³/mol. The van der Waals surface area contributed by atoms with Gasteiger partial charge in [0.1, 0.15) is 0 Å². The molecule has 7 nitrogen and oxygen atoms in total. The molecule has 8 heteroatoms. The normalized spacial score (nSPS) is 14.8. The van der Waals surface area contributed by atoms with Gasteiger partial charge >= 0.3 is 0 Å². The first-order valence-corrected chi connectivity index (χ1v) is 10.9. The maximum atomic E-state index is 11.6. The summed E-state index contributed by atoms with van der Waals surface area (Å²) in [5.74, 6) is 1.08. The van der Waals surface area contributed by atoms with Crippen LogP contribution in [0.15, 0.2) is 34.2 Å². The highest BCUT2D eigenvalue weighted by molar-refractivity contribution is 7.90. The third kappa shape index (κ3) is 7.03. The molecule has 1 aliphatic rings. The summed E-state index contributed by atoms with van der Waals surface area (Å²) in [5.41, 5.74) is 1.04. The van der Waals surface area contributed by atoms with Crippen molar-refractivity contribution in [2.45, 2.75) is 31.1 Å². The fraction of sp³-hybridized carbons (Fsp3) is 0.556. The molecule has 1 aliphatic carbocycles. The van der Waals surface area contributed by atoms with E-state index in [-0.39, 0.29) is 11.8 Å². The van der Waals surface area contributed by atoms with Crippen molar-refractivity contribution in [1.82, 2.24) is 16.0 Å². The van der Waals surface area contributed by atoms with Gasteiger partial charge in [0.25, 0.3) is 0 Å². The zero-order valence-electron chi connectivity index (χ0n) is 15.4. The lowest BCUT2D eigenvalue weighted by atomic mass is 10.1. The number of sulfone groups is 1. The Morgan fingerprint density at radius 3 is 2.35 bits per heavy atom. The summed E-state index contributed by atoms with van der Waals surface area (Å²) in [5, 5.41) is 9.27. The summed E-state index contributed by atoms with van der Waals surface area (Å²) < 4.78 is 22.9. The van der Waals surface area contributed by atoms with Crippen LogP contribution in [0.2, 0.25) is 0 Å². The Bertz CT molecular complexity index is 725. The number of hydrogen-bond acceptors (Lipinski definition) is 4. The Labute approximate surface area is 155 Å². The number of benzene rings is 1. The summed E-state index contributed by atoms with van der Waals surface area (Å²) in [6, 6.07) is 6.89. The standard InChI is InChI=1S/C18H28N4O3S/c1-3-19-18(22-13-12-20-17(23)15-6-7-15)21-11-10-14-4-8-16(9-5-14)26(2,24)25/h4-5,8-9,15H,3,6-7,10-13H2,1-2H3,(H,20,23)(H2,19,21,22). The molecule has 1 saturated carbocycles. The van der Waals surface area contributed by atoms with Gasteiger partial charge in [-0.1, -0.05) is 12.1 Å². The molecule has 2 rings (SSSR count). The van der Waals surface area contributed by atoms with Crippen molar-refractivity contribution >= 4 is 21.7 Å². The summed E-state index contributed by atoms with van der Waals surface area (Å²) in [6.45, 7) is 4.53. The van der Waals surface area contributed by atoms with Crippen LogP contribution >= 0.6 is 0 Å². The fourth-order valence-electron chi connectivity index (χ4n) is 2.40. The lowest BCUT2D eigenvalue weighted by Gasteiger charge is -2.12. The number of nitrogens with one attached hydrogen (secondary N) is 3. The molecule has 0 bridgehead atoms. The summed E-state index contributed by atoms with van der Waals surface area (Å²) in [7, 11) is -3.16. The molecule has 1 aromatic carbocycles. The molecule has 0 heterocycles. The van der Waals surface area contributed by atoms with Gasteiger partial charge in [-0.05, 0) is 43.9 Å². The molecule has 0 spiro atoms. The number of amides is 1. The molecule has 1 aromatic rings. The highest BCUT2D eigenvalue weighted by Crippen LogP contribution is 2.28. The number of carbonyl (C=O) groups excluding carboxylic acids is 1. The first-order chi connectivity index (χ1) is 12.4. The maximum absolute atomic E-state index is 11.6. The Morgan fingerprint density at radius 2 is 1.77 bits per heavy atom.